The zero-order chi connectivity index (χ0) is 14.7. The van der Waals surface area contributed by atoms with Crippen molar-refractivity contribution in [3.8, 4) is 11.5 Å². The van der Waals surface area contributed by atoms with E-state index < -0.39 is 0 Å². The minimum atomic E-state index is 0.253. The summed E-state index contributed by atoms with van der Waals surface area (Å²) in [5, 5.41) is 3.42. The molecule has 4 nitrogen and oxygen atoms in total. The average molecular weight is 284 g/mol. The zero-order valence-electron chi connectivity index (χ0n) is 12.4. The predicted molar refractivity (Wildman–Crippen MR) is 81.6 cm³/mol. The standard InChI is InChI=1S/C17H20N2O2/c1-12-6-14-7-16(20-2)15(8-17(14)21-12)11-19-10-13-4-3-5-18-9-13/h3-5,7-9,12,19H,6,10-11H2,1-2H3. The van der Waals surface area contributed by atoms with Crippen LogP contribution in [0.5, 0.6) is 11.5 Å². The van der Waals surface area contributed by atoms with Gasteiger partial charge in [-0.2, -0.15) is 0 Å². The molecule has 0 bridgehead atoms. The molecule has 2 heterocycles. The molecule has 0 amide bonds. The third-order valence-corrected chi connectivity index (χ3v) is 3.67. The Morgan fingerprint density at radius 3 is 3.05 bits per heavy atom. The molecule has 1 aromatic heterocycles. The lowest BCUT2D eigenvalue weighted by atomic mass is 10.1. The number of pyridine rings is 1. The van der Waals surface area contributed by atoms with Crippen molar-refractivity contribution >= 4 is 0 Å². The van der Waals surface area contributed by atoms with E-state index in [4.69, 9.17) is 9.47 Å². The molecule has 1 aliphatic heterocycles. The summed E-state index contributed by atoms with van der Waals surface area (Å²) >= 11 is 0. The molecule has 1 atom stereocenters. The number of aromatic nitrogens is 1. The van der Waals surface area contributed by atoms with Crippen molar-refractivity contribution in [1.29, 1.82) is 0 Å². The molecule has 4 heteroatoms. The van der Waals surface area contributed by atoms with Crippen molar-refractivity contribution in [2.24, 2.45) is 0 Å². The van der Waals surface area contributed by atoms with Crippen LogP contribution in [-0.4, -0.2) is 18.2 Å². The normalized spacial score (nSPS) is 16.4. The predicted octanol–water partition coefficient (Wildman–Crippen LogP) is 2.70. The van der Waals surface area contributed by atoms with Gasteiger partial charge in [0.25, 0.3) is 0 Å². The van der Waals surface area contributed by atoms with Crippen molar-refractivity contribution < 1.29 is 9.47 Å². The molecule has 3 rings (SSSR count). The van der Waals surface area contributed by atoms with Crippen molar-refractivity contribution in [2.75, 3.05) is 7.11 Å². The van der Waals surface area contributed by atoms with E-state index in [0.29, 0.717) is 0 Å². The molecule has 2 aromatic rings. The summed E-state index contributed by atoms with van der Waals surface area (Å²) in [6.45, 7) is 3.61. The van der Waals surface area contributed by atoms with Crippen molar-refractivity contribution in [3.05, 3.63) is 53.3 Å². The first-order valence-corrected chi connectivity index (χ1v) is 7.22. The van der Waals surface area contributed by atoms with Gasteiger partial charge in [-0.15, -0.1) is 0 Å². The molecule has 0 radical (unpaired) electrons. The molecule has 0 saturated heterocycles. The van der Waals surface area contributed by atoms with E-state index >= 15 is 0 Å². The van der Waals surface area contributed by atoms with Crippen molar-refractivity contribution in [2.45, 2.75) is 32.5 Å². The number of rotatable bonds is 5. The molecule has 0 saturated carbocycles. The number of ether oxygens (including phenoxy) is 2. The van der Waals surface area contributed by atoms with Crippen LogP contribution >= 0.6 is 0 Å². The molecule has 0 spiro atoms. The SMILES string of the molecule is COc1cc2c(cc1CNCc1cccnc1)OC(C)C2. The van der Waals surface area contributed by atoms with E-state index in [0.717, 1.165) is 36.6 Å². The summed E-state index contributed by atoms with van der Waals surface area (Å²) in [6.07, 6.45) is 4.86. The summed E-state index contributed by atoms with van der Waals surface area (Å²) in [6, 6.07) is 8.20. The lowest BCUT2D eigenvalue weighted by Crippen LogP contribution is -2.13. The number of hydrogen-bond donors (Lipinski definition) is 1. The van der Waals surface area contributed by atoms with Gasteiger partial charge >= 0.3 is 0 Å². The van der Waals surface area contributed by atoms with E-state index in [-0.39, 0.29) is 6.10 Å². The monoisotopic (exact) mass is 284 g/mol. The minimum absolute atomic E-state index is 0.253. The highest BCUT2D eigenvalue weighted by atomic mass is 16.5. The molecule has 1 aromatic carbocycles. The molecule has 21 heavy (non-hydrogen) atoms. The topological polar surface area (TPSA) is 43.4 Å². The van der Waals surface area contributed by atoms with Crippen LogP contribution in [0, 0.1) is 0 Å². The molecule has 110 valence electrons. The second kappa shape index (κ2) is 6.14. The quantitative estimate of drug-likeness (QED) is 0.917. The molecule has 0 fully saturated rings. The Kier molecular flexibility index (Phi) is 4.06. The highest BCUT2D eigenvalue weighted by molar-refractivity contribution is 5.48. The average Bonchev–Trinajstić information content (AvgIpc) is 2.86. The van der Waals surface area contributed by atoms with E-state index in [1.54, 1.807) is 13.3 Å². The number of hydrogen-bond acceptors (Lipinski definition) is 4. The second-order valence-electron chi connectivity index (χ2n) is 5.37. The van der Waals surface area contributed by atoms with Crippen molar-refractivity contribution in [3.63, 3.8) is 0 Å². The Morgan fingerprint density at radius 1 is 1.38 bits per heavy atom. The first-order valence-electron chi connectivity index (χ1n) is 7.22. The Labute approximate surface area is 125 Å². The Bertz CT molecular complexity index is 614. The number of fused-ring (bicyclic) bond motifs is 1. The summed E-state index contributed by atoms with van der Waals surface area (Å²) < 4.78 is 11.3. The molecule has 1 unspecified atom stereocenters. The smallest absolute Gasteiger partial charge is 0.123 e. The van der Waals surface area contributed by atoms with Gasteiger partial charge in [0, 0.05) is 43.0 Å². The van der Waals surface area contributed by atoms with Gasteiger partial charge in [-0.05, 0) is 30.7 Å². The van der Waals surface area contributed by atoms with E-state index in [1.165, 1.54) is 11.1 Å². The van der Waals surface area contributed by atoms with E-state index in [2.05, 4.69) is 35.4 Å². The Hall–Kier alpha value is -2.07. The van der Waals surface area contributed by atoms with Crippen LogP contribution in [0.1, 0.15) is 23.6 Å². The Balaban J connectivity index is 1.69. The van der Waals surface area contributed by atoms with Gasteiger partial charge in [0.2, 0.25) is 0 Å². The zero-order valence-corrected chi connectivity index (χ0v) is 12.4. The number of benzene rings is 1. The van der Waals surface area contributed by atoms with E-state index in [9.17, 15) is 0 Å². The summed E-state index contributed by atoms with van der Waals surface area (Å²) in [5.74, 6) is 1.91. The lowest BCUT2D eigenvalue weighted by molar-refractivity contribution is 0.254. The maximum Gasteiger partial charge on any atom is 0.123 e. The molecule has 1 N–H and O–H groups in total. The largest absolute Gasteiger partial charge is 0.496 e. The van der Waals surface area contributed by atoms with Crippen LogP contribution in [0.25, 0.3) is 0 Å². The van der Waals surface area contributed by atoms with Crippen LogP contribution in [0.2, 0.25) is 0 Å². The molecule has 0 aliphatic carbocycles. The van der Waals surface area contributed by atoms with Crippen LogP contribution in [0.4, 0.5) is 0 Å². The van der Waals surface area contributed by atoms with Crippen LogP contribution in [-0.2, 0) is 19.5 Å². The summed E-state index contributed by atoms with van der Waals surface area (Å²) in [5.41, 5.74) is 3.52. The molecular formula is C17H20N2O2. The summed E-state index contributed by atoms with van der Waals surface area (Å²) in [7, 11) is 1.71. The third-order valence-electron chi connectivity index (χ3n) is 3.67. The van der Waals surface area contributed by atoms with Gasteiger partial charge in [0.15, 0.2) is 0 Å². The van der Waals surface area contributed by atoms with Crippen LogP contribution < -0.4 is 14.8 Å². The molecular weight excluding hydrogens is 264 g/mol. The van der Waals surface area contributed by atoms with E-state index in [1.807, 2.05) is 12.3 Å². The van der Waals surface area contributed by atoms with Crippen LogP contribution in [0.3, 0.4) is 0 Å². The van der Waals surface area contributed by atoms with Crippen molar-refractivity contribution in [1.82, 2.24) is 10.3 Å². The van der Waals surface area contributed by atoms with Gasteiger partial charge in [-0.1, -0.05) is 6.07 Å². The Morgan fingerprint density at radius 2 is 2.29 bits per heavy atom. The maximum absolute atomic E-state index is 5.82. The van der Waals surface area contributed by atoms with Gasteiger partial charge in [0.1, 0.15) is 17.6 Å². The van der Waals surface area contributed by atoms with Crippen LogP contribution in [0.15, 0.2) is 36.7 Å². The van der Waals surface area contributed by atoms with Gasteiger partial charge in [-0.3, -0.25) is 4.98 Å². The van der Waals surface area contributed by atoms with Gasteiger partial charge in [0.05, 0.1) is 7.11 Å². The fourth-order valence-electron chi connectivity index (χ4n) is 2.65. The summed E-state index contributed by atoms with van der Waals surface area (Å²) in [4.78, 5) is 4.11. The first kappa shape index (κ1) is 13.9. The second-order valence-corrected chi connectivity index (χ2v) is 5.37. The fraction of sp³-hybridized carbons (Fsp3) is 0.353. The lowest BCUT2D eigenvalue weighted by Gasteiger charge is -2.12. The number of nitrogens with zero attached hydrogens (tertiary/aromatic N) is 1. The first-order chi connectivity index (χ1) is 10.3. The molecule has 1 aliphatic rings. The number of methoxy groups -OCH3 is 1. The fourth-order valence-corrected chi connectivity index (χ4v) is 2.65. The van der Waals surface area contributed by atoms with Gasteiger partial charge in [-0.25, -0.2) is 0 Å². The highest BCUT2D eigenvalue weighted by Crippen LogP contribution is 2.34. The minimum Gasteiger partial charge on any atom is -0.496 e. The highest BCUT2D eigenvalue weighted by Gasteiger charge is 2.21. The maximum atomic E-state index is 5.82. The third kappa shape index (κ3) is 3.16. The van der Waals surface area contributed by atoms with Gasteiger partial charge < -0.3 is 14.8 Å². The number of nitrogens with one attached hydrogen (secondary N) is 1.